The van der Waals surface area contributed by atoms with Crippen molar-refractivity contribution < 1.29 is 4.79 Å². The topological polar surface area (TPSA) is 20.3 Å². The van der Waals surface area contributed by atoms with Crippen molar-refractivity contribution >= 4 is 33.4 Å². The minimum Gasteiger partial charge on any atom is -0.341 e. The van der Waals surface area contributed by atoms with Crippen molar-refractivity contribution in [2.24, 2.45) is 0 Å². The first kappa shape index (κ1) is 14.5. The van der Waals surface area contributed by atoms with Gasteiger partial charge < -0.3 is 4.90 Å². The molecule has 0 saturated heterocycles. The molecule has 0 aliphatic heterocycles. The molecule has 0 fully saturated rings. The number of unbranched alkanes of at least 4 members (excludes halogenated alkanes) is 1. The maximum Gasteiger partial charge on any atom is 0.222 e. The minimum atomic E-state index is 0.186. The maximum absolute atomic E-state index is 11.8. The highest BCUT2D eigenvalue weighted by Crippen LogP contribution is 2.13. The fourth-order valence-electron chi connectivity index (χ4n) is 1.56. The predicted octanol–water partition coefficient (Wildman–Crippen LogP) is 3.86. The average Bonchev–Trinajstić information content (AvgIpc) is 2.29. The summed E-state index contributed by atoms with van der Waals surface area (Å²) in [5.41, 5.74) is 1.06. The van der Waals surface area contributed by atoms with E-state index in [4.69, 9.17) is 11.6 Å². The molecule has 1 amide bonds. The highest BCUT2D eigenvalue weighted by molar-refractivity contribution is 9.09. The van der Waals surface area contributed by atoms with E-state index in [0.717, 1.165) is 23.7 Å². The fraction of sp³-hybridized carbons (Fsp3) is 0.462. The molecule has 1 rings (SSSR count). The normalized spacial score (nSPS) is 10.3. The Bertz CT molecular complexity index is 370. The van der Waals surface area contributed by atoms with Gasteiger partial charge in [-0.1, -0.05) is 39.7 Å². The van der Waals surface area contributed by atoms with Gasteiger partial charge in [-0.2, -0.15) is 0 Å². The van der Waals surface area contributed by atoms with E-state index in [1.807, 2.05) is 31.3 Å². The van der Waals surface area contributed by atoms with Crippen molar-refractivity contribution in [3.05, 3.63) is 34.9 Å². The zero-order valence-corrected chi connectivity index (χ0v) is 12.3. The van der Waals surface area contributed by atoms with Crippen LogP contribution in [0.25, 0.3) is 0 Å². The van der Waals surface area contributed by atoms with Gasteiger partial charge in [0.25, 0.3) is 0 Å². The van der Waals surface area contributed by atoms with Crippen LogP contribution in [-0.2, 0) is 11.3 Å². The number of hydrogen-bond donors (Lipinski definition) is 0. The number of alkyl halides is 1. The summed E-state index contributed by atoms with van der Waals surface area (Å²) in [5.74, 6) is 0.186. The molecule has 0 N–H and O–H groups in total. The molecule has 0 spiro atoms. The van der Waals surface area contributed by atoms with E-state index in [2.05, 4.69) is 15.9 Å². The van der Waals surface area contributed by atoms with Gasteiger partial charge in [0.15, 0.2) is 0 Å². The van der Waals surface area contributed by atoms with E-state index in [1.54, 1.807) is 4.90 Å². The third-order valence-electron chi connectivity index (χ3n) is 2.51. The molecule has 0 unspecified atom stereocenters. The van der Waals surface area contributed by atoms with E-state index in [-0.39, 0.29) is 5.91 Å². The Kier molecular flexibility index (Phi) is 6.60. The lowest BCUT2D eigenvalue weighted by molar-refractivity contribution is -0.130. The van der Waals surface area contributed by atoms with Crippen LogP contribution in [0.2, 0.25) is 5.02 Å². The monoisotopic (exact) mass is 317 g/mol. The van der Waals surface area contributed by atoms with Gasteiger partial charge in [0.1, 0.15) is 0 Å². The number of rotatable bonds is 6. The summed E-state index contributed by atoms with van der Waals surface area (Å²) >= 11 is 9.26. The Hall–Kier alpha value is -0.540. The molecule has 0 atom stereocenters. The molecule has 0 aliphatic rings. The summed E-state index contributed by atoms with van der Waals surface area (Å²) in [6.07, 6.45) is 2.59. The SMILES string of the molecule is CN(Cc1cccc(Cl)c1)C(=O)CCCCBr. The third kappa shape index (κ3) is 5.55. The van der Waals surface area contributed by atoms with Crippen molar-refractivity contribution in [3.8, 4) is 0 Å². The molecular formula is C13H17BrClNO. The van der Waals surface area contributed by atoms with Crippen LogP contribution in [-0.4, -0.2) is 23.2 Å². The molecular weight excluding hydrogens is 302 g/mol. The Morgan fingerprint density at radius 2 is 2.18 bits per heavy atom. The number of carbonyl (C=O) groups excluding carboxylic acids is 1. The summed E-state index contributed by atoms with van der Waals surface area (Å²) in [6.45, 7) is 0.619. The van der Waals surface area contributed by atoms with Crippen LogP contribution in [0.15, 0.2) is 24.3 Å². The van der Waals surface area contributed by atoms with Crippen LogP contribution in [0, 0.1) is 0 Å². The van der Waals surface area contributed by atoms with Crippen LogP contribution in [0.4, 0.5) is 0 Å². The first-order chi connectivity index (χ1) is 8.13. The second kappa shape index (κ2) is 7.72. The molecule has 0 saturated carbocycles. The number of carbonyl (C=O) groups is 1. The Morgan fingerprint density at radius 1 is 1.41 bits per heavy atom. The molecule has 1 aromatic rings. The van der Waals surface area contributed by atoms with Crippen molar-refractivity contribution in [1.29, 1.82) is 0 Å². The van der Waals surface area contributed by atoms with Gasteiger partial charge >= 0.3 is 0 Å². The highest BCUT2D eigenvalue weighted by Gasteiger charge is 2.08. The molecule has 0 aromatic heterocycles. The molecule has 0 heterocycles. The number of nitrogens with zero attached hydrogens (tertiary/aromatic N) is 1. The van der Waals surface area contributed by atoms with Crippen molar-refractivity contribution in [3.63, 3.8) is 0 Å². The fourth-order valence-corrected chi connectivity index (χ4v) is 2.17. The van der Waals surface area contributed by atoms with Gasteiger partial charge in [0.2, 0.25) is 5.91 Å². The van der Waals surface area contributed by atoms with E-state index >= 15 is 0 Å². The zero-order chi connectivity index (χ0) is 12.7. The van der Waals surface area contributed by atoms with Crippen molar-refractivity contribution in [2.75, 3.05) is 12.4 Å². The van der Waals surface area contributed by atoms with Crippen molar-refractivity contribution in [1.82, 2.24) is 4.90 Å². The summed E-state index contributed by atoms with van der Waals surface area (Å²) in [6, 6.07) is 7.61. The Balaban J connectivity index is 2.43. The van der Waals surface area contributed by atoms with Gasteiger partial charge in [0, 0.05) is 30.4 Å². The summed E-state index contributed by atoms with van der Waals surface area (Å²) in [4.78, 5) is 13.5. The third-order valence-corrected chi connectivity index (χ3v) is 3.30. The highest BCUT2D eigenvalue weighted by atomic mass is 79.9. The van der Waals surface area contributed by atoms with E-state index in [1.165, 1.54) is 0 Å². The lowest BCUT2D eigenvalue weighted by atomic mass is 10.2. The average molecular weight is 319 g/mol. The van der Waals surface area contributed by atoms with Crippen molar-refractivity contribution in [2.45, 2.75) is 25.8 Å². The lowest BCUT2D eigenvalue weighted by Gasteiger charge is -2.17. The number of halogens is 2. The largest absolute Gasteiger partial charge is 0.341 e. The second-order valence-corrected chi connectivity index (χ2v) is 5.26. The van der Waals surface area contributed by atoms with Gasteiger partial charge in [-0.3, -0.25) is 4.79 Å². The van der Waals surface area contributed by atoms with Gasteiger partial charge in [-0.15, -0.1) is 0 Å². The number of hydrogen-bond acceptors (Lipinski definition) is 1. The van der Waals surface area contributed by atoms with Gasteiger partial charge in [-0.25, -0.2) is 0 Å². The Morgan fingerprint density at radius 3 is 2.82 bits per heavy atom. The van der Waals surface area contributed by atoms with Crippen LogP contribution >= 0.6 is 27.5 Å². The van der Waals surface area contributed by atoms with Gasteiger partial charge in [-0.05, 0) is 30.5 Å². The summed E-state index contributed by atoms with van der Waals surface area (Å²) < 4.78 is 0. The summed E-state index contributed by atoms with van der Waals surface area (Å²) in [7, 11) is 1.83. The van der Waals surface area contributed by atoms with Crippen LogP contribution < -0.4 is 0 Å². The Labute approximate surface area is 116 Å². The first-order valence-corrected chi connectivity index (χ1v) is 7.18. The molecule has 2 nitrogen and oxygen atoms in total. The molecule has 0 radical (unpaired) electrons. The standard InChI is InChI=1S/C13H17BrClNO/c1-16(13(17)7-2-3-8-14)10-11-5-4-6-12(15)9-11/h4-6,9H,2-3,7-8,10H2,1H3. The molecule has 0 aliphatic carbocycles. The minimum absolute atomic E-state index is 0.186. The van der Waals surface area contributed by atoms with Crippen LogP contribution in [0.1, 0.15) is 24.8 Å². The molecule has 17 heavy (non-hydrogen) atoms. The number of benzene rings is 1. The second-order valence-electron chi connectivity index (χ2n) is 4.03. The number of amides is 1. The van der Waals surface area contributed by atoms with E-state index in [9.17, 15) is 4.79 Å². The maximum atomic E-state index is 11.8. The van der Waals surface area contributed by atoms with E-state index < -0.39 is 0 Å². The summed E-state index contributed by atoms with van der Waals surface area (Å²) in [5, 5.41) is 1.67. The van der Waals surface area contributed by atoms with Crippen LogP contribution in [0.5, 0.6) is 0 Å². The lowest BCUT2D eigenvalue weighted by Crippen LogP contribution is -2.25. The zero-order valence-electron chi connectivity index (χ0n) is 9.96. The smallest absolute Gasteiger partial charge is 0.222 e. The predicted molar refractivity (Wildman–Crippen MR) is 75.6 cm³/mol. The molecule has 1 aromatic carbocycles. The van der Waals surface area contributed by atoms with Gasteiger partial charge in [0.05, 0.1) is 0 Å². The molecule has 0 bridgehead atoms. The molecule has 4 heteroatoms. The quantitative estimate of drug-likeness (QED) is 0.576. The van der Waals surface area contributed by atoms with E-state index in [0.29, 0.717) is 18.0 Å². The first-order valence-electron chi connectivity index (χ1n) is 5.68. The molecule has 94 valence electrons. The van der Waals surface area contributed by atoms with Crippen LogP contribution in [0.3, 0.4) is 0 Å².